The zero-order valence-corrected chi connectivity index (χ0v) is 17.1. The third-order valence-corrected chi connectivity index (χ3v) is 5.89. The lowest BCUT2D eigenvalue weighted by molar-refractivity contribution is -0.119. The zero-order chi connectivity index (χ0) is 19.1. The third-order valence-electron chi connectivity index (χ3n) is 4.32. The first kappa shape index (κ1) is 19.5. The molecule has 0 aliphatic rings. The van der Waals surface area contributed by atoms with Crippen LogP contribution in [0.1, 0.15) is 32.6 Å². The summed E-state index contributed by atoms with van der Waals surface area (Å²) in [4.78, 5) is 19.9. The highest BCUT2D eigenvalue weighted by Gasteiger charge is 2.20. The van der Waals surface area contributed by atoms with Crippen LogP contribution in [0.25, 0.3) is 11.3 Å². The highest BCUT2D eigenvalue weighted by molar-refractivity contribution is 7.14. The number of amides is 1. The van der Waals surface area contributed by atoms with Gasteiger partial charge in [-0.05, 0) is 6.42 Å². The van der Waals surface area contributed by atoms with Crippen LogP contribution in [0.15, 0.2) is 47.3 Å². The van der Waals surface area contributed by atoms with Gasteiger partial charge < -0.3 is 4.57 Å². The van der Waals surface area contributed by atoms with Crippen LogP contribution < -0.4 is 9.70 Å². The second-order valence-corrected chi connectivity index (χ2v) is 8.05. The molecule has 0 fully saturated rings. The Labute approximate surface area is 167 Å². The fourth-order valence-electron chi connectivity index (χ4n) is 2.81. The van der Waals surface area contributed by atoms with Crippen molar-refractivity contribution in [2.75, 3.05) is 11.4 Å². The number of nitrogens with one attached hydrogen (secondary N) is 1. The second-order valence-electron chi connectivity index (χ2n) is 6.32. The molecule has 0 unspecified atom stereocenters. The average molecular weight is 401 g/mol. The number of hydrogen-bond acceptors (Lipinski definition) is 5. The van der Waals surface area contributed by atoms with Crippen molar-refractivity contribution in [1.29, 1.82) is 5.41 Å². The predicted octanol–water partition coefficient (Wildman–Crippen LogP) is 4.77. The van der Waals surface area contributed by atoms with E-state index in [4.69, 9.17) is 10.4 Å². The highest BCUT2D eigenvalue weighted by atomic mass is 32.1. The Morgan fingerprint density at radius 1 is 1.19 bits per heavy atom. The number of hydrogen-bond donors (Lipinski definition) is 1. The molecule has 0 aliphatic heterocycles. The molecule has 0 bridgehead atoms. The molecule has 1 amide bonds. The summed E-state index contributed by atoms with van der Waals surface area (Å²) in [5, 5.41) is 12.5. The van der Waals surface area contributed by atoms with Crippen molar-refractivity contribution in [2.24, 2.45) is 0 Å². The fraction of sp³-hybridized carbons (Fsp3) is 0.350. The summed E-state index contributed by atoms with van der Waals surface area (Å²) < 4.78 is 1.68. The van der Waals surface area contributed by atoms with Crippen molar-refractivity contribution >= 4 is 33.7 Å². The standard InChI is InChI=1S/C20H24N4OS2/c1-2-3-4-8-11-24(18(25)14-23-12-13-26-19(23)21)20-22-17(15-27-20)16-9-6-5-7-10-16/h5-7,9-10,12-13,15,21H,2-4,8,11,14H2,1H3. The number of anilines is 1. The molecular formula is C20H24N4OS2. The summed E-state index contributed by atoms with van der Waals surface area (Å²) in [5.41, 5.74) is 1.95. The Bertz CT molecular complexity index is 913. The molecule has 5 nitrogen and oxygen atoms in total. The van der Waals surface area contributed by atoms with Gasteiger partial charge in [0.25, 0.3) is 0 Å². The number of aromatic nitrogens is 2. The molecule has 3 aromatic rings. The van der Waals surface area contributed by atoms with Crippen molar-refractivity contribution in [3.05, 3.63) is 52.1 Å². The Morgan fingerprint density at radius 3 is 2.70 bits per heavy atom. The molecule has 7 heteroatoms. The molecule has 142 valence electrons. The maximum atomic E-state index is 13.0. The molecule has 0 radical (unpaired) electrons. The van der Waals surface area contributed by atoms with Crippen LogP contribution >= 0.6 is 22.7 Å². The minimum Gasteiger partial charge on any atom is -0.315 e. The first-order valence-electron chi connectivity index (χ1n) is 9.19. The Morgan fingerprint density at radius 2 is 2.00 bits per heavy atom. The van der Waals surface area contributed by atoms with E-state index >= 15 is 0 Å². The van der Waals surface area contributed by atoms with Gasteiger partial charge in [0, 0.05) is 29.1 Å². The Kier molecular flexibility index (Phi) is 6.95. The minimum atomic E-state index is -0.0163. The normalized spacial score (nSPS) is 10.9. The van der Waals surface area contributed by atoms with Crippen molar-refractivity contribution in [1.82, 2.24) is 9.55 Å². The molecule has 1 aromatic carbocycles. The van der Waals surface area contributed by atoms with E-state index in [1.54, 1.807) is 15.7 Å². The van der Waals surface area contributed by atoms with E-state index in [1.165, 1.54) is 29.1 Å². The van der Waals surface area contributed by atoms with E-state index in [1.807, 2.05) is 41.1 Å². The number of unbranched alkanes of at least 4 members (excludes halogenated alkanes) is 3. The van der Waals surface area contributed by atoms with Gasteiger partial charge in [0.05, 0.1) is 5.69 Å². The highest BCUT2D eigenvalue weighted by Crippen LogP contribution is 2.28. The number of rotatable bonds is 9. The van der Waals surface area contributed by atoms with Crippen molar-refractivity contribution in [2.45, 2.75) is 39.2 Å². The SMILES string of the molecule is CCCCCCN(C(=O)Cn1ccsc1=N)c1nc(-c2ccccc2)cs1. The van der Waals surface area contributed by atoms with Gasteiger partial charge in [0.1, 0.15) is 6.54 Å². The van der Waals surface area contributed by atoms with Crippen LogP contribution in [0.4, 0.5) is 5.13 Å². The van der Waals surface area contributed by atoms with Gasteiger partial charge in [-0.2, -0.15) is 0 Å². The molecule has 3 rings (SSSR count). The smallest absolute Gasteiger partial charge is 0.248 e. The monoisotopic (exact) mass is 400 g/mol. The van der Waals surface area contributed by atoms with Crippen molar-refractivity contribution in [3.63, 3.8) is 0 Å². The summed E-state index contributed by atoms with van der Waals surface area (Å²) in [6, 6.07) is 10.0. The number of benzene rings is 1. The Balaban J connectivity index is 1.79. The van der Waals surface area contributed by atoms with Crippen LogP contribution in [0.3, 0.4) is 0 Å². The largest absolute Gasteiger partial charge is 0.315 e. The summed E-state index contributed by atoms with van der Waals surface area (Å²) in [7, 11) is 0. The number of nitrogens with zero attached hydrogens (tertiary/aromatic N) is 3. The molecular weight excluding hydrogens is 376 g/mol. The molecule has 0 saturated carbocycles. The Hall–Kier alpha value is -2.25. The molecule has 0 spiro atoms. The first-order valence-corrected chi connectivity index (χ1v) is 10.9. The van der Waals surface area contributed by atoms with Crippen LogP contribution in [-0.2, 0) is 11.3 Å². The number of thiazole rings is 2. The minimum absolute atomic E-state index is 0.0163. The van der Waals surface area contributed by atoms with E-state index in [2.05, 4.69) is 6.92 Å². The third kappa shape index (κ3) is 5.14. The van der Waals surface area contributed by atoms with Crippen LogP contribution in [0.2, 0.25) is 0 Å². The first-order chi connectivity index (χ1) is 13.2. The molecule has 0 atom stereocenters. The molecule has 2 heterocycles. The van der Waals surface area contributed by atoms with Gasteiger partial charge in [0.2, 0.25) is 5.91 Å². The average Bonchev–Trinajstić information content (AvgIpc) is 3.32. The van der Waals surface area contributed by atoms with E-state index in [9.17, 15) is 4.79 Å². The maximum absolute atomic E-state index is 13.0. The topological polar surface area (TPSA) is 62.0 Å². The van der Waals surface area contributed by atoms with Gasteiger partial charge in [0.15, 0.2) is 9.93 Å². The quantitative estimate of drug-likeness (QED) is 0.526. The number of carbonyl (C=O) groups excluding carboxylic acids is 1. The van der Waals surface area contributed by atoms with E-state index in [-0.39, 0.29) is 12.5 Å². The molecule has 1 N–H and O–H groups in total. The lowest BCUT2D eigenvalue weighted by atomic mass is 10.2. The van der Waals surface area contributed by atoms with Gasteiger partial charge in [-0.1, -0.05) is 56.5 Å². The van der Waals surface area contributed by atoms with E-state index < -0.39 is 0 Å². The van der Waals surface area contributed by atoms with Crippen molar-refractivity contribution in [3.8, 4) is 11.3 Å². The number of carbonyl (C=O) groups is 1. The van der Waals surface area contributed by atoms with Crippen LogP contribution in [0.5, 0.6) is 0 Å². The zero-order valence-electron chi connectivity index (χ0n) is 15.4. The predicted molar refractivity (Wildman–Crippen MR) is 112 cm³/mol. The summed E-state index contributed by atoms with van der Waals surface area (Å²) in [6.07, 6.45) is 6.19. The lowest BCUT2D eigenvalue weighted by Crippen LogP contribution is -2.36. The fourth-order valence-corrected chi connectivity index (χ4v) is 4.29. The van der Waals surface area contributed by atoms with Crippen molar-refractivity contribution < 1.29 is 4.79 Å². The lowest BCUT2D eigenvalue weighted by Gasteiger charge is -2.20. The molecule has 2 aromatic heterocycles. The van der Waals surface area contributed by atoms with Crippen LogP contribution in [0, 0.1) is 5.41 Å². The summed E-state index contributed by atoms with van der Waals surface area (Å²) >= 11 is 2.83. The summed E-state index contributed by atoms with van der Waals surface area (Å²) in [5.74, 6) is -0.0163. The second kappa shape index (κ2) is 9.62. The van der Waals surface area contributed by atoms with Gasteiger partial charge >= 0.3 is 0 Å². The van der Waals surface area contributed by atoms with Crippen LogP contribution in [-0.4, -0.2) is 22.0 Å². The van der Waals surface area contributed by atoms with Gasteiger partial charge in [-0.25, -0.2) is 4.98 Å². The molecule has 0 saturated heterocycles. The maximum Gasteiger partial charge on any atom is 0.248 e. The van der Waals surface area contributed by atoms with E-state index in [0.717, 1.165) is 35.7 Å². The summed E-state index contributed by atoms with van der Waals surface area (Å²) in [6.45, 7) is 3.02. The molecule has 0 aliphatic carbocycles. The van der Waals surface area contributed by atoms with Gasteiger partial charge in [-0.3, -0.25) is 15.1 Å². The van der Waals surface area contributed by atoms with Gasteiger partial charge in [-0.15, -0.1) is 22.7 Å². The molecule has 27 heavy (non-hydrogen) atoms. The van der Waals surface area contributed by atoms with E-state index in [0.29, 0.717) is 11.3 Å².